The summed E-state index contributed by atoms with van der Waals surface area (Å²) < 4.78 is 34.2. The lowest BCUT2D eigenvalue weighted by molar-refractivity contribution is 0.342. The van der Waals surface area contributed by atoms with Crippen molar-refractivity contribution in [2.24, 2.45) is 5.92 Å². The van der Waals surface area contributed by atoms with E-state index >= 15 is 0 Å². The molecule has 1 aromatic carbocycles. The van der Waals surface area contributed by atoms with Crippen LogP contribution >= 0.6 is 0 Å². The number of nitrogens with one attached hydrogen (secondary N) is 2. The molecule has 0 radical (unpaired) electrons. The normalized spacial score (nSPS) is 21.1. The molecule has 2 aromatic rings. The van der Waals surface area contributed by atoms with E-state index in [-0.39, 0.29) is 11.6 Å². The van der Waals surface area contributed by atoms with Crippen molar-refractivity contribution in [3.63, 3.8) is 0 Å². The molecular formula is C22H32FN5OS. The van der Waals surface area contributed by atoms with E-state index in [0.29, 0.717) is 17.7 Å². The fourth-order valence-corrected chi connectivity index (χ4v) is 6.35. The fourth-order valence-electron chi connectivity index (χ4n) is 4.41. The van der Waals surface area contributed by atoms with E-state index in [0.717, 1.165) is 54.9 Å². The Morgan fingerprint density at radius 3 is 2.47 bits per heavy atom. The first-order valence-corrected chi connectivity index (χ1v) is 12.5. The number of hydrogen-bond donors (Lipinski definition) is 2. The molecule has 1 aromatic heterocycles. The molecule has 0 spiro atoms. The summed E-state index contributed by atoms with van der Waals surface area (Å²) in [5, 5.41) is 3.15. The van der Waals surface area contributed by atoms with E-state index in [4.69, 9.17) is 4.78 Å². The quantitative estimate of drug-likeness (QED) is 0.642. The van der Waals surface area contributed by atoms with Gasteiger partial charge in [-0.25, -0.2) is 18.6 Å². The maximum absolute atomic E-state index is 13.1. The zero-order chi connectivity index (χ0) is 21.7. The lowest BCUT2D eigenvalue weighted by atomic mass is 9.86. The number of aromatic nitrogens is 2. The highest BCUT2D eigenvalue weighted by molar-refractivity contribution is 7.91. The second kappa shape index (κ2) is 9.73. The summed E-state index contributed by atoms with van der Waals surface area (Å²) in [7, 11) is 1.25. The first-order valence-electron chi connectivity index (χ1n) is 10.6. The van der Waals surface area contributed by atoms with Crippen molar-refractivity contribution in [3.8, 4) is 0 Å². The van der Waals surface area contributed by atoms with Gasteiger partial charge in [0.2, 0.25) is 0 Å². The largest absolute Gasteiger partial charge is 0.373 e. The first kappa shape index (κ1) is 22.5. The number of nitrogens with zero attached hydrogens (tertiary/aromatic N) is 3. The molecule has 3 rings (SSSR count). The lowest BCUT2D eigenvalue weighted by Gasteiger charge is -2.36. The van der Waals surface area contributed by atoms with Gasteiger partial charge in [0.25, 0.3) is 0 Å². The summed E-state index contributed by atoms with van der Waals surface area (Å²) in [6.07, 6.45) is 6.37. The van der Waals surface area contributed by atoms with Gasteiger partial charge in [0.05, 0.1) is 5.75 Å². The Hall–Kier alpha value is -2.22. The van der Waals surface area contributed by atoms with Crippen molar-refractivity contribution in [3.05, 3.63) is 47.5 Å². The Morgan fingerprint density at radius 2 is 1.87 bits per heavy atom. The third-order valence-corrected chi connectivity index (χ3v) is 7.84. The molecule has 1 unspecified atom stereocenters. The van der Waals surface area contributed by atoms with Crippen LogP contribution in [0.25, 0.3) is 0 Å². The van der Waals surface area contributed by atoms with Crippen LogP contribution in [0.5, 0.6) is 0 Å². The van der Waals surface area contributed by atoms with E-state index < -0.39 is 9.73 Å². The van der Waals surface area contributed by atoms with Crippen LogP contribution in [0.3, 0.4) is 0 Å². The van der Waals surface area contributed by atoms with Gasteiger partial charge < -0.3 is 10.2 Å². The van der Waals surface area contributed by atoms with E-state index in [9.17, 15) is 8.60 Å². The third-order valence-electron chi connectivity index (χ3n) is 6.03. The third kappa shape index (κ3) is 5.47. The van der Waals surface area contributed by atoms with E-state index in [1.54, 1.807) is 18.5 Å². The van der Waals surface area contributed by atoms with E-state index in [1.807, 2.05) is 7.05 Å². The van der Waals surface area contributed by atoms with Gasteiger partial charge >= 0.3 is 0 Å². The van der Waals surface area contributed by atoms with Crippen LogP contribution in [0.15, 0.2) is 30.6 Å². The van der Waals surface area contributed by atoms with E-state index in [2.05, 4.69) is 34.2 Å². The zero-order valence-corrected chi connectivity index (χ0v) is 18.8. The van der Waals surface area contributed by atoms with E-state index in [1.165, 1.54) is 12.1 Å². The van der Waals surface area contributed by atoms with Crippen LogP contribution in [0, 0.1) is 16.5 Å². The summed E-state index contributed by atoms with van der Waals surface area (Å²) in [5.74, 6) is 2.44. The first-order chi connectivity index (χ1) is 14.3. The van der Waals surface area contributed by atoms with Crippen LogP contribution in [0.1, 0.15) is 43.7 Å². The smallest absolute Gasteiger partial charge is 0.137 e. The molecule has 1 fully saturated rings. The maximum atomic E-state index is 13.1. The Balaban J connectivity index is 1.59. The fraction of sp³-hybridized carbons (Fsp3) is 0.545. The van der Waals surface area contributed by atoms with Crippen LogP contribution in [0.4, 0.5) is 16.0 Å². The van der Waals surface area contributed by atoms with Gasteiger partial charge in [-0.3, -0.25) is 4.78 Å². The molecule has 30 heavy (non-hydrogen) atoms. The standard InChI is InChI=1S/C22H32FN5OS/c1-4-20-21(25-2)26-15-27-22(20)28(3)19-11-7-17(8-12-19)14-30(24,29)13-16-5-9-18(23)10-6-16/h5-6,9-10,15,17,19,24H,4,7-8,11-14H2,1-3H3,(H,25,26,27). The molecule has 8 heteroatoms. The minimum atomic E-state index is -2.72. The highest BCUT2D eigenvalue weighted by Crippen LogP contribution is 2.33. The predicted molar refractivity (Wildman–Crippen MR) is 121 cm³/mol. The van der Waals surface area contributed by atoms with Crippen molar-refractivity contribution in [2.45, 2.75) is 50.8 Å². The molecule has 1 heterocycles. The second-order valence-electron chi connectivity index (χ2n) is 8.16. The molecule has 2 N–H and O–H groups in total. The number of hydrogen-bond acceptors (Lipinski definition) is 6. The number of halogens is 1. The summed E-state index contributed by atoms with van der Waals surface area (Å²) in [5.41, 5.74) is 1.89. The Bertz CT molecular complexity index is 941. The second-order valence-corrected chi connectivity index (χ2v) is 10.4. The molecule has 6 nitrogen and oxygen atoms in total. The van der Waals surface area contributed by atoms with Crippen LogP contribution in [-0.2, 0) is 21.9 Å². The van der Waals surface area contributed by atoms with Crippen molar-refractivity contribution in [2.75, 3.05) is 30.1 Å². The van der Waals surface area contributed by atoms with Gasteiger partial charge in [-0.05, 0) is 55.7 Å². The van der Waals surface area contributed by atoms with Gasteiger partial charge in [-0.2, -0.15) is 0 Å². The minimum absolute atomic E-state index is 0.195. The Labute approximate surface area is 179 Å². The monoisotopic (exact) mass is 433 g/mol. The molecule has 0 amide bonds. The van der Waals surface area contributed by atoms with Crippen molar-refractivity contribution < 1.29 is 8.60 Å². The maximum Gasteiger partial charge on any atom is 0.137 e. The number of rotatable bonds is 8. The van der Waals surface area contributed by atoms with Gasteiger partial charge in [-0.15, -0.1) is 0 Å². The molecule has 164 valence electrons. The Morgan fingerprint density at radius 1 is 1.20 bits per heavy atom. The summed E-state index contributed by atoms with van der Waals surface area (Å²) in [4.78, 5) is 11.1. The minimum Gasteiger partial charge on any atom is -0.373 e. The average molecular weight is 434 g/mol. The molecule has 0 saturated heterocycles. The van der Waals surface area contributed by atoms with Crippen molar-refractivity contribution in [1.82, 2.24) is 9.97 Å². The summed E-state index contributed by atoms with van der Waals surface area (Å²) in [6.45, 7) is 2.11. The molecular weight excluding hydrogens is 401 g/mol. The SMILES string of the molecule is CCc1c(NC)ncnc1N(C)C1CCC(CS(=N)(=O)Cc2ccc(F)cc2)CC1. The number of anilines is 2. The molecule has 1 aliphatic carbocycles. The average Bonchev–Trinajstić information content (AvgIpc) is 2.74. The zero-order valence-electron chi connectivity index (χ0n) is 18.0. The predicted octanol–water partition coefficient (Wildman–Crippen LogP) is 4.46. The molecule has 0 bridgehead atoms. The topological polar surface area (TPSA) is 82.0 Å². The summed E-state index contributed by atoms with van der Waals surface area (Å²) in [6, 6.07) is 6.36. The van der Waals surface area contributed by atoms with Crippen LogP contribution in [0.2, 0.25) is 0 Å². The molecule has 1 aliphatic rings. The van der Waals surface area contributed by atoms with Crippen LogP contribution in [-0.4, -0.2) is 40.1 Å². The number of benzene rings is 1. The molecule has 0 aliphatic heterocycles. The van der Waals surface area contributed by atoms with Gasteiger partial charge in [0.1, 0.15) is 23.8 Å². The Kier molecular flexibility index (Phi) is 7.28. The van der Waals surface area contributed by atoms with Crippen molar-refractivity contribution >= 4 is 21.4 Å². The van der Waals surface area contributed by atoms with Gasteiger partial charge in [0, 0.05) is 41.2 Å². The highest BCUT2D eigenvalue weighted by atomic mass is 32.2. The van der Waals surface area contributed by atoms with Crippen molar-refractivity contribution in [1.29, 1.82) is 4.78 Å². The van der Waals surface area contributed by atoms with Gasteiger partial charge in [-0.1, -0.05) is 19.1 Å². The molecule has 1 atom stereocenters. The lowest BCUT2D eigenvalue weighted by Crippen LogP contribution is -2.37. The molecule has 1 saturated carbocycles. The summed E-state index contributed by atoms with van der Waals surface area (Å²) >= 11 is 0. The van der Waals surface area contributed by atoms with Gasteiger partial charge in [0.15, 0.2) is 0 Å². The highest BCUT2D eigenvalue weighted by Gasteiger charge is 2.28. The van der Waals surface area contributed by atoms with Crippen LogP contribution < -0.4 is 10.2 Å².